The number of para-hydroxylation sites is 1. The fraction of sp³-hybridized carbons (Fsp3) is 0.200. The highest BCUT2D eigenvalue weighted by Crippen LogP contribution is 2.20. The van der Waals surface area contributed by atoms with Crippen molar-refractivity contribution in [3.63, 3.8) is 0 Å². The molecule has 0 aliphatic carbocycles. The molecule has 1 aromatic carbocycles. The molecule has 4 nitrogen and oxygen atoms in total. The number of terminal acetylenes is 1. The van der Waals surface area contributed by atoms with Gasteiger partial charge in [0.15, 0.2) is 0 Å². The molecule has 0 amide bonds. The van der Waals surface area contributed by atoms with Gasteiger partial charge in [-0.25, -0.2) is 13.1 Å². The Morgan fingerprint density at radius 2 is 2.07 bits per heavy atom. The summed E-state index contributed by atoms with van der Waals surface area (Å²) in [6, 6.07) is 5.73. The van der Waals surface area contributed by atoms with Crippen LogP contribution in [0.1, 0.15) is 6.42 Å². The Morgan fingerprint density at radius 1 is 1.40 bits per heavy atom. The van der Waals surface area contributed by atoms with Crippen LogP contribution in [0.25, 0.3) is 0 Å². The second kappa shape index (κ2) is 4.82. The van der Waals surface area contributed by atoms with Crippen LogP contribution in [0.4, 0.5) is 0 Å². The molecule has 0 radical (unpaired) electrons. The summed E-state index contributed by atoms with van der Waals surface area (Å²) in [4.78, 5) is -0.137. The van der Waals surface area contributed by atoms with Crippen LogP contribution in [0, 0.1) is 12.3 Å². The fourth-order valence-corrected chi connectivity index (χ4v) is 2.15. The lowest BCUT2D eigenvalue weighted by atomic mass is 10.3. The average Bonchev–Trinajstić information content (AvgIpc) is 2.18. The monoisotopic (exact) mass is 225 g/mol. The van der Waals surface area contributed by atoms with Crippen LogP contribution < -0.4 is 4.72 Å². The molecule has 0 bridgehead atoms. The van der Waals surface area contributed by atoms with Crippen molar-refractivity contribution in [2.45, 2.75) is 11.3 Å². The maximum Gasteiger partial charge on any atom is 0.244 e. The van der Waals surface area contributed by atoms with E-state index in [1.54, 1.807) is 6.07 Å². The Kier molecular flexibility index (Phi) is 3.72. The summed E-state index contributed by atoms with van der Waals surface area (Å²) in [5.41, 5.74) is 0. The molecule has 2 N–H and O–H groups in total. The number of rotatable bonds is 4. The van der Waals surface area contributed by atoms with E-state index in [2.05, 4.69) is 10.6 Å². The minimum Gasteiger partial charge on any atom is -0.507 e. The van der Waals surface area contributed by atoms with Crippen LogP contribution >= 0.6 is 0 Å². The summed E-state index contributed by atoms with van der Waals surface area (Å²) in [7, 11) is -3.66. The second-order valence-electron chi connectivity index (χ2n) is 2.82. The van der Waals surface area contributed by atoms with Crippen molar-refractivity contribution in [2.75, 3.05) is 6.54 Å². The molecule has 1 rings (SSSR count). The van der Waals surface area contributed by atoms with Crippen LogP contribution in [0.5, 0.6) is 5.75 Å². The lowest BCUT2D eigenvalue weighted by Gasteiger charge is -2.06. The highest BCUT2D eigenvalue weighted by Gasteiger charge is 2.16. The van der Waals surface area contributed by atoms with Crippen molar-refractivity contribution in [3.05, 3.63) is 24.3 Å². The molecule has 0 spiro atoms. The first-order chi connectivity index (χ1) is 7.08. The van der Waals surface area contributed by atoms with E-state index in [9.17, 15) is 13.5 Å². The number of aromatic hydroxyl groups is 1. The SMILES string of the molecule is C#CCCNS(=O)(=O)c1ccccc1O. The lowest BCUT2D eigenvalue weighted by Crippen LogP contribution is -2.24. The van der Waals surface area contributed by atoms with Gasteiger partial charge in [0.25, 0.3) is 0 Å². The molecule has 0 aromatic heterocycles. The van der Waals surface area contributed by atoms with E-state index in [4.69, 9.17) is 6.42 Å². The van der Waals surface area contributed by atoms with Gasteiger partial charge in [-0.1, -0.05) is 12.1 Å². The molecule has 0 heterocycles. The van der Waals surface area contributed by atoms with Gasteiger partial charge in [0.2, 0.25) is 10.0 Å². The van der Waals surface area contributed by atoms with E-state index in [-0.39, 0.29) is 17.2 Å². The number of hydrogen-bond acceptors (Lipinski definition) is 3. The van der Waals surface area contributed by atoms with Crippen molar-refractivity contribution in [2.24, 2.45) is 0 Å². The fourth-order valence-electron chi connectivity index (χ4n) is 1.02. The van der Waals surface area contributed by atoms with Gasteiger partial charge in [-0.05, 0) is 12.1 Å². The molecule has 5 heteroatoms. The largest absolute Gasteiger partial charge is 0.507 e. The molecule has 15 heavy (non-hydrogen) atoms. The van der Waals surface area contributed by atoms with E-state index in [0.717, 1.165) is 0 Å². The van der Waals surface area contributed by atoms with E-state index >= 15 is 0 Å². The molecule has 0 fully saturated rings. The first kappa shape index (κ1) is 11.6. The van der Waals surface area contributed by atoms with Crippen molar-refractivity contribution in [1.29, 1.82) is 0 Å². The molecule has 1 aromatic rings. The van der Waals surface area contributed by atoms with Gasteiger partial charge < -0.3 is 5.11 Å². The second-order valence-corrected chi connectivity index (χ2v) is 4.55. The standard InChI is InChI=1S/C10H11NO3S/c1-2-3-8-11-15(13,14)10-7-5-4-6-9(10)12/h1,4-7,11-12H,3,8H2. The highest BCUT2D eigenvalue weighted by atomic mass is 32.2. The van der Waals surface area contributed by atoms with Crippen LogP contribution in [0.2, 0.25) is 0 Å². The molecule has 0 aliphatic heterocycles. The van der Waals surface area contributed by atoms with Crippen molar-refractivity contribution in [3.8, 4) is 18.1 Å². The summed E-state index contributed by atoms with van der Waals surface area (Å²) in [5.74, 6) is 2.04. The van der Waals surface area contributed by atoms with Gasteiger partial charge in [0.05, 0.1) is 0 Å². The minimum atomic E-state index is -3.66. The summed E-state index contributed by atoms with van der Waals surface area (Å²) in [6.07, 6.45) is 5.30. The topological polar surface area (TPSA) is 66.4 Å². The predicted molar refractivity (Wildman–Crippen MR) is 56.7 cm³/mol. The summed E-state index contributed by atoms with van der Waals surface area (Å²) >= 11 is 0. The van der Waals surface area contributed by atoms with Gasteiger partial charge in [-0.3, -0.25) is 0 Å². The van der Waals surface area contributed by atoms with E-state index in [0.29, 0.717) is 6.42 Å². The van der Waals surface area contributed by atoms with Crippen molar-refractivity contribution in [1.82, 2.24) is 4.72 Å². The molecule has 0 atom stereocenters. The number of sulfonamides is 1. The van der Waals surface area contributed by atoms with Gasteiger partial charge in [-0.15, -0.1) is 12.3 Å². The molecule has 0 aliphatic rings. The zero-order chi connectivity index (χ0) is 11.3. The number of nitrogens with one attached hydrogen (secondary N) is 1. The summed E-state index contributed by atoms with van der Waals surface area (Å²) in [6.45, 7) is 0.160. The normalized spacial score (nSPS) is 10.9. The number of phenolic OH excluding ortho intramolecular Hbond substituents is 1. The Morgan fingerprint density at radius 3 is 2.67 bits per heavy atom. The summed E-state index contributed by atoms with van der Waals surface area (Å²) < 4.78 is 25.5. The highest BCUT2D eigenvalue weighted by molar-refractivity contribution is 7.89. The third kappa shape index (κ3) is 2.98. The summed E-state index contributed by atoms with van der Waals surface area (Å²) in [5, 5.41) is 9.34. The average molecular weight is 225 g/mol. The minimum absolute atomic E-state index is 0.137. The Bertz CT molecular complexity index is 474. The molecular formula is C10H11NO3S. The molecule has 0 saturated heterocycles. The van der Waals surface area contributed by atoms with E-state index in [1.807, 2.05) is 0 Å². The lowest BCUT2D eigenvalue weighted by molar-refractivity contribution is 0.458. The van der Waals surface area contributed by atoms with Gasteiger partial charge in [0, 0.05) is 13.0 Å². The van der Waals surface area contributed by atoms with Gasteiger partial charge >= 0.3 is 0 Å². The maximum atomic E-state index is 11.6. The smallest absolute Gasteiger partial charge is 0.244 e. The molecule has 0 unspecified atom stereocenters. The molecule has 80 valence electrons. The zero-order valence-corrected chi connectivity index (χ0v) is 8.79. The third-order valence-electron chi connectivity index (χ3n) is 1.72. The van der Waals surface area contributed by atoms with Crippen molar-refractivity contribution < 1.29 is 13.5 Å². The number of phenols is 1. The third-order valence-corrected chi connectivity index (χ3v) is 3.22. The Labute approximate surface area is 89.0 Å². The molecule has 0 saturated carbocycles. The van der Waals surface area contributed by atoms with Crippen molar-refractivity contribution >= 4 is 10.0 Å². The number of benzene rings is 1. The predicted octanol–water partition coefficient (Wildman–Crippen LogP) is 0.694. The van der Waals surface area contributed by atoms with Crippen LogP contribution in [-0.4, -0.2) is 20.1 Å². The Balaban J connectivity index is 2.88. The van der Waals surface area contributed by atoms with Crippen LogP contribution in [0.3, 0.4) is 0 Å². The quantitative estimate of drug-likeness (QED) is 0.585. The zero-order valence-electron chi connectivity index (χ0n) is 7.97. The number of hydrogen-bond donors (Lipinski definition) is 2. The van der Waals surface area contributed by atoms with Crippen LogP contribution in [-0.2, 0) is 10.0 Å². The van der Waals surface area contributed by atoms with Gasteiger partial charge in [-0.2, -0.15) is 0 Å². The molecular weight excluding hydrogens is 214 g/mol. The van der Waals surface area contributed by atoms with Crippen LogP contribution in [0.15, 0.2) is 29.2 Å². The van der Waals surface area contributed by atoms with E-state index in [1.165, 1.54) is 18.2 Å². The Hall–Kier alpha value is -1.51. The maximum absolute atomic E-state index is 11.6. The van der Waals surface area contributed by atoms with E-state index < -0.39 is 10.0 Å². The first-order valence-corrected chi connectivity index (χ1v) is 5.77. The van der Waals surface area contributed by atoms with Gasteiger partial charge in [0.1, 0.15) is 10.6 Å². The first-order valence-electron chi connectivity index (χ1n) is 4.29.